The number of aromatic nitrogens is 1. The maximum absolute atomic E-state index is 12.7. The topological polar surface area (TPSA) is 86.6 Å². The highest BCUT2D eigenvalue weighted by Crippen LogP contribution is 2.24. The number of carbonyl (C=O) groups excluding carboxylic acids is 3. The van der Waals surface area contributed by atoms with E-state index in [0.717, 1.165) is 5.39 Å². The molecule has 0 bridgehead atoms. The number of ether oxygens (including phenoxy) is 2. The van der Waals surface area contributed by atoms with Crippen LogP contribution in [0.5, 0.6) is 0 Å². The summed E-state index contributed by atoms with van der Waals surface area (Å²) < 4.78 is 11.8. The van der Waals surface area contributed by atoms with E-state index in [-0.39, 0.29) is 12.3 Å². The van der Waals surface area contributed by atoms with Gasteiger partial charge < -0.3 is 14.8 Å². The molecule has 0 radical (unpaired) electrons. The van der Waals surface area contributed by atoms with E-state index in [0.29, 0.717) is 16.6 Å². The van der Waals surface area contributed by atoms with Gasteiger partial charge >= 0.3 is 12.1 Å². The highest BCUT2D eigenvalue weighted by atomic mass is 16.6. The van der Waals surface area contributed by atoms with Gasteiger partial charge in [-0.1, -0.05) is 36.4 Å². The number of nitrogens with one attached hydrogen (secondary N) is 1. The second kappa shape index (κ2) is 9.04. The normalized spacial score (nSPS) is 12.3. The number of hydrogen-bond acceptors (Lipinski definition) is 5. The molecule has 0 aliphatic rings. The molecule has 1 atom stereocenters. The summed E-state index contributed by atoms with van der Waals surface area (Å²) in [6.45, 7) is 5.39. The lowest BCUT2D eigenvalue weighted by Crippen LogP contribution is -2.43. The molecule has 0 aliphatic heterocycles. The molecule has 3 rings (SSSR count). The number of nitrogens with zero attached hydrogens (tertiary/aromatic N) is 1. The first-order valence-corrected chi connectivity index (χ1v) is 9.95. The average molecular weight is 422 g/mol. The van der Waals surface area contributed by atoms with Gasteiger partial charge in [0.05, 0.1) is 12.6 Å². The van der Waals surface area contributed by atoms with Gasteiger partial charge in [-0.05, 0) is 44.5 Å². The first-order valence-electron chi connectivity index (χ1n) is 9.95. The van der Waals surface area contributed by atoms with Crippen LogP contribution in [0.2, 0.25) is 0 Å². The van der Waals surface area contributed by atoms with Gasteiger partial charge in [-0.15, -0.1) is 0 Å². The lowest BCUT2D eigenvalue weighted by atomic mass is 10.0. The highest BCUT2D eigenvalue weighted by Gasteiger charge is 2.26. The number of methoxy groups -OCH3 is 1. The Labute approximate surface area is 181 Å². The summed E-state index contributed by atoms with van der Waals surface area (Å²) >= 11 is 0. The molecule has 0 saturated heterocycles. The Hall–Kier alpha value is -3.61. The minimum Gasteiger partial charge on any atom is -0.467 e. The zero-order valence-corrected chi connectivity index (χ0v) is 18.0. The van der Waals surface area contributed by atoms with E-state index in [2.05, 4.69) is 5.32 Å². The van der Waals surface area contributed by atoms with Gasteiger partial charge in [0.15, 0.2) is 0 Å². The molecule has 1 aromatic heterocycles. The van der Waals surface area contributed by atoms with Gasteiger partial charge in [-0.25, -0.2) is 9.59 Å². The van der Waals surface area contributed by atoms with Gasteiger partial charge in [0.2, 0.25) is 0 Å². The van der Waals surface area contributed by atoms with E-state index in [1.165, 1.54) is 11.7 Å². The Morgan fingerprint density at radius 3 is 2.29 bits per heavy atom. The molecule has 2 aromatic carbocycles. The summed E-state index contributed by atoms with van der Waals surface area (Å²) in [6.07, 6.45) is 1.28. The zero-order chi connectivity index (χ0) is 22.6. The van der Waals surface area contributed by atoms with Crippen LogP contribution in [0, 0.1) is 0 Å². The molecular weight excluding hydrogens is 396 g/mol. The number of benzene rings is 2. The maximum atomic E-state index is 12.7. The number of carbonyl (C=O) groups is 3. The third-order valence-corrected chi connectivity index (χ3v) is 4.64. The minimum absolute atomic E-state index is 0.154. The molecule has 3 aromatic rings. The Bertz CT molecular complexity index is 1100. The summed E-state index contributed by atoms with van der Waals surface area (Å²) in [4.78, 5) is 37.7. The molecule has 7 nitrogen and oxygen atoms in total. The van der Waals surface area contributed by atoms with E-state index in [9.17, 15) is 14.4 Å². The average Bonchev–Trinajstić information content (AvgIpc) is 3.11. The van der Waals surface area contributed by atoms with Gasteiger partial charge in [0.1, 0.15) is 11.6 Å². The first kappa shape index (κ1) is 22.1. The SMILES string of the molecule is COC(=O)[C@@H](Cc1cn(C(=O)OC(C)(C)C)c2ccccc12)NC(=O)c1ccccc1. The van der Waals surface area contributed by atoms with Crippen LogP contribution < -0.4 is 5.32 Å². The van der Waals surface area contributed by atoms with Crippen LogP contribution in [0.15, 0.2) is 60.8 Å². The molecule has 1 N–H and O–H groups in total. The maximum Gasteiger partial charge on any atom is 0.419 e. The minimum atomic E-state index is -0.921. The van der Waals surface area contributed by atoms with Crippen LogP contribution in [-0.2, 0) is 20.7 Å². The third kappa shape index (κ3) is 5.31. The van der Waals surface area contributed by atoms with Crippen molar-refractivity contribution >= 4 is 28.9 Å². The van der Waals surface area contributed by atoms with Crippen LogP contribution in [-0.4, -0.2) is 41.3 Å². The lowest BCUT2D eigenvalue weighted by molar-refractivity contribution is -0.142. The molecule has 31 heavy (non-hydrogen) atoms. The molecule has 162 valence electrons. The Balaban J connectivity index is 1.92. The van der Waals surface area contributed by atoms with E-state index in [4.69, 9.17) is 9.47 Å². The van der Waals surface area contributed by atoms with Crippen LogP contribution in [0.25, 0.3) is 10.9 Å². The fourth-order valence-corrected chi connectivity index (χ4v) is 3.26. The molecule has 1 heterocycles. The van der Waals surface area contributed by atoms with Crippen molar-refractivity contribution in [2.45, 2.75) is 38.8 Å². The van der Waals surface area contributed by atoms with Crippen molar-refractivity contribution in [1.82, 2.24) is 9.88 Å². The number of esters is 1. The Morgan fingerprint density at radius 2 is 1.65 bits per heavy atom. The van der Waals surface area contributed by atoms with Crippen molar-refractivity contribution in [3.8, 4) is 0 Å². The molecule has 0 aliphatic carbocycles. The highest BCUT2D eigenvalue weighted by molar-refractivity contribution is 5.97. The second-order valence-corrected chi connectivity index (χ2v) is 8.14. The number of para-hydroxylation sites is 1. The fraction of sp³-hybridized carbons (Fsp3) is 0.292. The van der Waals surface area contributed by atoms with Gasteiger partial charge in [-0.3, -0.25) is 9.36 Å². The zero-order valence-electron chi connectivity index (χ0n) is 18.0. The first-order chi connectivity index (χ1) is 14.7. The van der Waals surface area contributed by atoms with Gasteiger partial charge in [-0.2, -0.15) is 0 Å². The largest absolute Gasteiger partial charge is 0.467 e. The van der Waals surface area contributed by atoms with Crippen LogP contribution in [0.3, 0.4) is 0 Å². The number of rotatable bonds is 5. The van der Waals surface area contributed by atoms with Gasteiger partial charge in [0.25, 0.3) is 5.91 Å². The summed E-state index contributed by atoms with van der Waals surface area (Å²) in [5.41, 5.74) is 1.16. The molecule has 0 unspecified atom stereocenters. The van der Waals surface area contributed by atoms with Crippen LogP contribution in [0.1, 0.15) is 36.7 Å². The van der Waals surface area contributed by atoms with Crippen molar-refractivity contribution in [2.75, 3.05) is 7.11 Å². The van der Waals surface area contributed by atoms with Crippen molar-refractivity contribution in [1.29, 1.82) is 0 Å². The molecule has 0 spiro atoms. The van der Waals surface area contributed by atoms with E-state index in [1.807, 2.05) is 18.2 Å². The van der Waals surface area contributed by atoms with Crippen molar-refractivity contribution < 1.29 is 23.9 Å². The summed E-state index contributed by atoms with van der Waals surface area (Å²) in [5.74, 6) is -0.953. The van der Waals surface area contributed by atoms with Crippen molar-refractivity contribution in [3.63, 3.8) is 0 Å². The smallest absolute Gasteiger partial charge is 0.419 e. The molecule has 7 heteroatoms. The lowest BCUT2D eigenvalue weighted by Gasteiger charge is -2.19. The molecule has 0 saturated carbocycles. The summed E-state index contributed by atoms with van der Waals surface area (Å²) in [7, 11) is 1.27. The van der Waals surface area contributed by atoms with Crippen LogP contribution in [0.4, 0.5) is 4.79 Å². The molecule has 0 fully saturated rings. The van der Waals surface area contributed by atoms with E-state index < -0.39 is 23.7 Å². The van der Waals surface area contributed by atoms with Crippen LogP contribution >= 0.6 is 0 Å². The Kier molecular flexibility index (Phi) is 6.44. The summed E-state index contributed by atoms with van der Waals surface area (Å²) in [6, 6.07) is 15.0. The number of hydrogen-bond donors (Lipinski definition) is 1. The van der Waals surface area contributed by atoms with Crippen molar-refractivity contribution in [2.24, 2.45) is 0 Å². The van der Waals surface area contributed by atoms with Crippen molar-refractivity contribution in [3.05, 3.63) is 71.9 Å². The summed E-state index contributed by atoms with van der Waals surface area (Å²) in [5, 5.41) is 3.52. The molecule has 1 amide bonds. The number of amides is 1. The monoisotopic (exact) mass is 422 g/mol. The Morgan fingerprint density at radius 1 is 1.00 bits per heavy atom. The van der Waals surface area contributed by atoms with E-state index in [1.54, 1.807) is 63.4 Å². The standard InChI is InChI=1S/C24H26N2O5/c1-24(2,3)31-23(29)26-15-17(18-12-8-9-13-20(18)26)14-19(22(28)30-4)25-21(27)16-10-6-5-7-11-16/h5-13,15,19H,14H2,1-4H3,(H,25,27)/t19-/m1/s1. The third-order valence-electron chi connectivity index (χ3n) is 4.64. The van der Waals surface area contributed by atoms with Gasteiger partial charge in [0, 0.05) is 23.6 Å². The predicted octanol–water partition coefficient (Wildman–Crippen LogP) is 3.94. The van der Waals surface area contributed by atoms with E-state index >= 15 is 0 Å². The predicted molar refractivity (Wildman–Crippen MR) is 117 cm³/mol. The number of fused-ring (bicyclic) bond motifs is 1. The molecular formula is C24H26N2O5. The quantitative estimate of drug-likeness (QED) is 0.630. The second-order valence-electron chi connectivity index (χ2n) is 8.14. The fourth-order valence-electron chi connectivity index (χ4n) is 3.26.